The number of ether oxygens (including phenoxy) is 2. The summed E-state index contributed by atoms with van der Waals surface area (Å²) < 4.78 is 9.47. The summed E-state index contributed by atoms with van der Waals surface area (Å²) in [5.41, 5.74) is 0. The first-order valence-corrected chi connectivity index (χ1v) is 4.73. The number of cyclic esters (lactones) is 1. The molecule has 0 aromatic carbocycles. The van der Waals surface area contributed by atoms with Crippen LogP contribution in [0.3, 0.4) is 0 Å². The third-order valence-electron chi connectivity index (χ3n) is 2.13. The summed E-state index contributed by atoms with van der Waals surface area (Å²) in [6.45, 7) is 0.477. The van der Waals surface area contributed by atoms with E-state index >= 15 is 0 Å². The fourth-order valence-corrected chi connectivity index (χ4v) is 1.39. The summed E-state index contributed by atoms with van der Waals surface area (Å²) in [7, 11) is 1.32. The second-order valence-electron chi connectivity index (χ2n) is 3.21. The normalized spacial score (nSPS) is 21.2. The molecule has 5 heteroatoms. The van der Waals surface area contributed by atoms with Crippen LogP contribution < -0.4 is 5.32 Å². The Bertz CT molecular complexity index is 217. The first kappa shape index (κ1) is 10.8. The predicted molar refractivity (Wildman–Crippen MR) is 48.8 cm³/mol. The van der Waals surface area contributed by atoms with Crippen LogP contribution in [-0.4, -0.2) is 31.8 Å². The molecule has 1 aliphatic heterocycles. The van der Waals surface area contributed by atoms with Crippen LogP contribution in [0.5, 0.6) is 0 Å². The molecule has 0 aromatic heterocycles. The van der Waals surface area contributed by atoms with Crippen molar-refractivity contribution in [1.29, 1.82) is 0 Å². The Morgan fingerprint density at radius 1 is 1.71 bits per heavy atom. The molecule has 1 heterocycles. The van der Waals surface area contributed by atoms with Crippen molar-refractivity contribution in [2.45, 2.75) is 31.8 Å². The van der Waals surface area contributed by atoms with Gasteiger partial charge in [-0.15, -0.1) is 0 Å². The predicted octanol–water partition coefficient (Wildman–Crippen LogP) is 0.828. The van der Waals surface area contributed by atoms with E-state index in [0.717, 1.165) is 12.8 Å². The highest BCUT2D eigenvalue weighted by atomic mass is 16.5. The van der Waals surface area contributed by atoms with Crippen LogP contribution in [0.2, 0.25) is 0 Å². The Hall–Kier alpha value is -1.26. The van der Waals surface area contributed by atoms with Crippen molar-refractivity contribution >= 4 is 12.1 Å². The number of hydrogen-bond donors (Lipinski definition) is 1. The lowest BCUT2D eigenvalue weighted by Gasteiger charge is -2.21. The molecular weight excluding hydrogens is 186 g/mol. The molecule has 1 aliphatic rings. The third kappa shape index (κ3) is 3.64. The van der Waals surface area contributed by atoms with E-state index in [0.29, 0.717) is 19.4 Å². The van der Waals surface area contributed by atoms with Crippen LogP contribution in [0.15, 0.2) is 0 Å². The first-order valence-electron chi connectivity index (χ1n) is 4.73. The maximum atomic E-state index is 10.9. The maximum absolute atomic E-state index is 10.9. The molecule has 1 fully saturated rings. The Kier molecular flexibility index (Phi) is 4.22. The van der Waals surface area contributed by atoms with Crippen LogP contribution in [0.4, 0.5) is 4.79 Å². The zero-order chi connectivity index (χ0) is 10.4. The number of nitrogens with one attached hydrogen (secondary N) is 1. The fraction of sp³-hybridized carbons (Fsp3) is 0.778. The highest BCUT2D eigenvalue weighted by molar-refractivity contribution is 5.70. The van der Waals surface area contributed by atoms with Gasteiger partial charge in [-0.2, -0.15) is 0 Å². The van der Waals surface area contributed by atoms with Gasteiger partial charge in [0.1, 0.15) is 6.10 Å². The van der Waals surface area contributed by atoms with Crippen molar-refractivity contribution < 1.29 is 19.1 Å². The van der Waals surface area contributed by atoms with Gasteiger partial charge in [0.15, 0.2) is 0 Å². The summed E-state index contributed by atoms with van der Waals surface area (Å²) in [6.07, 6.45) is 2.43. The Morgan fingerprint density at radius 2 is 2.50 bits per heavy atom. The lowest BCUT2D eigenvalue weighted by atomic mass is 10.1. The van der Waals surface area contributed by atoms with E-state index in [-0.39, 0.29) is 12.1 Å². The fourth-order valence-electron chi connectivity index (χ4n) is 1.39. The SMILES string of the molecule is COC(=O)NCCC1CCCC(=O)O1. The molecule has 1 atom stereocenters. The number of rotatable bonds is 3. The van der Waals surface area contributed by atoms with Crippen LogP contribution in [0.25, 0.3) is 0 Å². The van der Waals surface area contributed by atoms with Crippen molar-refractivity contribution in [2.75, 3.05) is 13.7 Å². The molecule has 5 nitrogen and oxygen atoms in total. The van der Waals surface area contributed by atoms with Crippen molar-refractivity contribution in [3.05, 3.63) is 0 Å². The summed E-state index contributed by atoms with van der Waals surface area (Å²) in [4.78, 5) is 21.6. The molecule has 1 N–H and O–H groups in total. The number of carbonyl (C=O) groups is 2. The van der Waals surface area contributed by atoms with Crippen molar-refractivity contribution in [3.8, 4) is 0 Å². The Balaban J connectivity index is 2.11. The lowest BCUT2D eigenvalue weighted by Crippen LogP contribution is -2.30. The zero-order valence-corrected chi connectivity index (χ0v) is 8.25. The summed E-state index contributed by atoms with van der Waals surface area (Å²) in [5.74, 6) is -0.140. The second kappa shape index (κ2) is 5.47. The first-order chi connectivity index (χ1) is 6.72. The van der Waals surface area contributed by atoms with Gasteiger partial charge in [-0.1, -0.05) is 0 Å². The molecule has 1 rings (SSSR count). The van der Waals surface area contributed by atoms with Gasteiger partial charge in [-0.05, 0) is 12.8 Å². The highest BCUT2D eigenvalue weighted by Crippen LogP contribution is 2.15. The van der Waals surface area contributed by atoms with Crippen molar-refractivity contribution in [1.82, 2.24) is 5.32 Å². The van der Waals surface area contributed by atoms with Crippen molar-refractivity contribution in [2.24, 2.45) is 0 Å². The van der Waals surface area contributed by atoms with E-state index in [9.17, 15) is 9.59 Å². The molecular formula is C9H15NO4. The molecule has 14 heavy (non-hydrogen) atoms. The Morgan fingerprint density at radius 3 is 3.14 bits per heavy atom. The molecule has 80 valence electrons. The van der Waals surface area contributed by atoms with Crippen LogP contribution in [0.1, 0.15) is 25.7 Å². The number of carbonyl (C=O) groups excluding carboxylic acids is 2. The molecule has 1 unspecified atom stereocenters. The summed E-state index contributed by atoms with van der Waals surface area (Å²) in [5, 5.41) is 2.54. The van der Waals surface area contributed by atoms with Gasteiger partial charge in [0.25, 0.3) is 0 Å². The van der Waals surface area contributed by atoms with Crippen LogP contribution in [-0.2, 0) is 14.3 Å². The van der Waals surface area contributed by atoms with Crippen LogP contribution >= 0.6 is 0 Å². The molecule has 0 aromatic rings. The van der Waals surface area contributed by atoms with E-state index in [1.807, 2.05) is 0 Å². The molecule has 0 aliphatic carbocycles. The topological polar surface area (TPSA) is 64.6 Å². The molecule has 0 saturated carbocycles. The molecule has 0 radical (unpaired) electrons. The monoisotopic (exact) mass is 201 g/mol. The van der Waals surface area contributed by atoms with Gasteiger partial charge in [0.05, 0.1) is 7.11 Å². The van der Waals surface area contributed by atoms with Gasteiger partial charge in [-0.25, -0.2) is 4.79 Å². The minimum atomic E-state index is -0.452. The number of hydrogen-bond acceptors (Lipinski definition) is 4. The van der Waals surface area contributed by atoms with E-state index in [1.54, 1.807) is 0 Å². The third-order valence-corrected chi connectivity index (χ3v) is 2.13. The number of alkyl carbamates (subject to hydrolysis) is 1. The maximum Gasteiger partial charge on any atom is 0.406 e. The molecule has 0 spiro atoms. The minimum absolute atomic E-state index is 0.0478. The average molecular weight is 201 g/mol. The standard InChI is InChI=1S/C9H15NO4/c1-13-9(12)10-6-5-7-3-2-4-8(11)14-7/h7H,2-6H2,1H3,(H,10,12). The highest BCUT2D eigenvalue weighted by Gasteiger charge is 2.19. The van der Waals surface area contributed by atoms with E-state index < -0.39 is 6.09 Å². The van der Waals surface area contributed by atoms with Gasteiger partial charge in [0.2, 0.25) is 0 Å². The van der Waals surface area contributed by atoms with Gasteiger partial charge >= 0.3 is 12.1 Å². The Labute approximate surface area is 82.8 Å². The average Bonchev–Trinajstić information content (AvgIpc) is 2.17. The second-order valence-corrected chi connectivity index (χ2v) is 3.21. The quantitative estimate of drug-likeness (QED) is 0.687. The smallest absolute Gasteiger partial charge is 0.406 e. The van der Waals surface area contributed by atoms with Crippen molar-refractivity contribution in [3.63, 3.8) is 0 Å². The van der Waals surface area contributed by atoms with Gasteiger partial charge in [-0.3, -0.25) is 4.79 Å². The molecule has 1 saturated heterocycles. The number of esters is 1. The van der Waals surface area contributed by atoms with Gasteiger partial charge < -0.3 is 14.8 Å². The molecule has 0 bridgehead atoms. The number of amides is 1. The summed E-state index contributed by atoms with van der Waals surface area (Å²) in [6, 6.07) is 0. The van der Waals surface area contributed by atoms with Crippen LogP contribution in [0, 0.1) is 0 Å². The largest absolute Gasteiger partial charge is 0.462 e. The van der Waals surface area contributed by atoms with Gasteiger partial charge in [0, 0.05) is 19.4 Å². The zero-order valence-electron chi connectivity index (χ0n) is 8.25. The molecule has 1 amide bonds. The van der Waals surface area contributed by atoms with E-state index in [2.05, 4.69) is 10.1 Å². The number of methoxy groups -OCH3 is 1. The minimum Gasteiger partial charge on any atom is -0.462 e. The van der Waals surface area contributed by atoms with E-state index in [4.69, 9.17) is 4.74 Å². The summed E-state index contributed by atoms with van der Waals surface area (Å²) >= 11 is 0. The van der Waals surface area contributed by atoms with E-state index in [1.165, 1.54) is 7.11 Å². The lowest BCUT2D eigenvalue weighted by molar-refractivity contribution is -0.153.